The third-order valence-electron chi connectivity index (χ3n) is 3.70. The van der Waals surface area contributed by atoms with Crippen LogP contribution in [0.4, 0.5) is 10.1 Å². The number of halogens is 1. The molecule has 0 unspecified atom stereocenters. The van der Waals surface area contributed by atoms with Crippen LogP contribution in [-0.2, 0) is 0 Å². The average Bonchev–Trinajstić information content (AvgIpc) is 3.09. The first kappa shape index (κ1) is 12.6. The number of hydrogen-bond donors (Lipinski definition) is 2. The first-order valence-corrected chi connectivity index (χ1v) is 6.66. The van der Waals surface area contributed by atoms with Crippen LogP contribution in [0.5, 0.6) is 0 Å². The molecule has 0 aliphatic rings. The molecule has 2 aromatic heterocycles. The van der Waals surface area contributed by atoms with E-state index in [4.69, 9.17) is 0 Å². The van der Waals surface area contributed by atoms with Crippen LogP contribution in [0.25, 0.3) is 33.2 Å². The summed E-state index contributed by atoms with van der Waals surface area (Å²) < 4.78 is 13.3. The van der Waals surface area contributed by atoms with Crippen molar-refractivity contribution in [2.45, 2.75) is 0 Å². The lowest BCUT2D eigenvalue weighted by Crippen LogP contribution is -1.88. The highest BCUT2D eigenvalue weighted by Crippen LogP contribution is 2.31. The SMILES string of the molecule is O=[N+]([O-])c1cccc2cc(-c3cc4cc(F)ccc4[nH]3)[nH]c12. The summed E-state index contributed by atoms with van der Waals surface area (Å²) in [6, 6.07) is 13.1. The summed E-state index contributed by atoms with van der Waals surface area (Å²) in [6.07, 6.45) is 0. The van der Waals surface area contributed by atoms with E-state index in [1.54, 1.807) is 12.1 Å². The number of hydrogen-bond acceptors (Lipinski definition) is 2. The van der Waals surface area contributed by atoms with E-state index < -0.39 is 4.92 Å². The molecule has 0 bridgehead atoms. The van der Waals surface area contributed by atoms with E-state index >= 15 is 0 Å². The number of benzene rings is 2. The molecule has 4 rings (SSSR count). The van der Waals surface area contributed by atoms with Gasteiger partial charge in [-0.25, -0.2) is 4.39 Å². The van der Waals surface area contributed by atoms with Gasteiger partial charge in [0.25, 0.3) is 5.69 Å². The Balaban J connectivity index is 1.92. The zero-order chi connectivity index (χ0) is 15.3. The fraction of sp³-hybridized carbons (Fsp3) is 0. The van der Waals surface area contributed by atoms with Crippen molar-refractivity contribution < 1.29 is 9.31 Å². The Bertz CT molecular complexity index is 1030. The lowest BCUT2D eigenvalue weighted by molar-refractivity contribution is -0.383. The van der Waals surface area contributed by atoms with E-state index in [0.717, 1.165) is 27.7 Å². The quantitative estimate of drug-likeness (QED) is 0.426. The van der Waals surface area contributed by atoms with Crippen molar-refractivity contribution in [2.24, 2.45) is 0 Å². The molecule has 2 heterocycles. The Kier molecular flexibility index (Phi) is 2.53. The third kappa shape index (κ3) is 1.85. The Labute approximate surface area is 123 Å². The maximum atomic E-state index is 13.3. The number of aromatic amines is 2. The number of nitro groups is 1. The maximum absolute atomic E-state index is 13.3. The Hall–Kier alpha value is -3.15. The van der Waals surface area contributed by atoms with Gasteiger partial charge < -0.3 is 9.97 Å². The fourth-order valence-corrected chi connectivity index (χ4v) is 2.69. The molecule has 108 valence electrons. The normalized spacial score (nSPS) is 11.3. The second-order valence-electron chi connectivity index (χ2n) is 5.10. The summed E-state index contributed by atoms with van der Waals surface area (Å²) in [6.45, 7) is 0. The topological polar surface area (TPSA) is 74.7 Å². The highest BCUT2D eigenvalue weighted by Gasteiger charge is 2.15. The maximum Gasteiger partial charge on any atom is 0.293 e. The van der Waals surface area contributed by atoms with Gasteiger partial charge in [-0.2, -0.15) is 0 Å². The number of aromatic nitrogens is 2. The predicted octanol–water partition coefficient (Wildman–Crippen LogP) is 4.36. The zero-order valence-electron chi connectivity index (χ0n) is 11.3. The van der Waals surface area contributed by atoms with Crippen molar-refractivity contribution in [3.05, 3.63) is 64.5 Å². The number of nitro benzene ring substituents is 1. The van der Waals surface area contributed by atoms with Crippen molar-refractivity contribution in [3.63, 3.8) is 0 Å². The van der Waals surface area contributed by atoms with Crippen molar-refractivity contribution in [2.75, 3.05) is 0 Å². The molecule has 0 fully saturated rings. The number of rotatable bonds is 2. The fourth-order valence-electron chi connectivity index (χ4n) is 2.69. The molecule has 2 N–H and O–H groups in total. The molecule has 5 nitrogen and oxygen atoms in total. The molecule has 0 radical (unpaired) electrons. The van der Waals surface area contributed by atoms with E-state index in [2.05, 4.69) is 9.97 Å². The molecule has 0 spiro atoms. The molecule has 22 heavy (non-hydrogen) atoms. The minimum absolute atomic E-state index is 0.0332. The van der Waals surface area contributed by atoms with Crippen LogP contribution in [0.3, 0.4) is 0 Å². The summed E-state index contributed by atoms with van der Waals surface area (Å²) in [5, 5.41) is 12.6. The zero-order valence-corrected chi connectivity index (χ0v) is 11.3. The standard InChI is InChI=1S/C16H10FN3O2/c17-11-4-5-12-10(6-11)8-13(18-12)14-7-9-2-1-3-15(20(21)22)16(9)19-14/h1-8,18-19H. The van der Waals surface area contributed by atoms with Gasteiger partial charge in [-0.05, 0) is 30.3 Å². The summed E-state index contributed by atoms with van der Waals surface area (Å²) >= 11 is 0. The number of fused-ring (bicyclic) bond motifs is 2. The molecular formula is C16H10FN3O2. The van der Waals surface area contributed by atoms with Gasteiger partial charge >= 0.3 is 0 Å². The lowest BCUT2D eigenvalue weighted by Gasteiger charge is -1.93. The monoisotopic (exact) mass is 295 g/mol. The molecule has 2 aromatic carbocycles. The van der Waals surface area contributed by atoms with Crippen LogP contribution in [0, 0.1) is 15.9 Å². The molecule has 6 heteroatoms. The van der Waals surface area contributed by atoms with E-state index in [1.807, 2.05) is 18.2 Å². The number of H-pyrrole nitrogens is 2. The van der Waals surface area contributed by atoms with Crippen LogP contribution in [-0.4, -0.2) is 14.9 Å². The predicted molar refractivity (Wildman–Crippen MR) is 82.2 cm³/mol. The van der Waals surface area contributed by atoms with Crippen LogP contribution < -0.4 is 0 Å². The Morgan fingerprint density at radius 2 is 1.73 bits per heavy atom. The first-order chi connectivity index (χ1) is 10.6. The summed E-state index contributed by atoms with van der Waals surface area (Å²) in [4.78, 5) is 16.9. The van der Waals surface area contributed by atoms with Gasteiger partial charge in [-0.1, -0.05) is 12.1 Å². The van der Waals surface area contributed by atoms with E-state index in [1.165, 1.54) is 18.2 Å². The van der Waals surface area contributed by atoms with Gasteiger partial charge in [-0.15, -0.1) is 0 Å². The summed E-state index contributed by atoms with van der Waals surface area (Å²) in [5.74, 6) is -0.301. The Morgan fingerprint density at radius 1 is 0.955 bits per heavy atom. The minimum atomic E-state index is -0.413. The largest absolute Gasteiger partial charge is 0.353 e. The van der Waals surface area contributed by atoms with Crippen molar-refractivity contribution in [3.8, 4) is 11.4 Å². The second-order valence-corrected chi connectivity index (χ2v) is 5.10. The number of nitrogens with zero attached hydrogens (tertiary/aromatic N) is 1. The molecule has 0 atom stereocenters. The van der Waals surface area contributed by atoms with Gasteiger partial charge in [0.05, 0.1) is 16.3 Å². The van der Waals surface area contributed by atoms with Crippen LogP contribution in [0.15, 0.2) is 48.5 Å². The molecule has 0 saturated carbocycles. The van der Waals surface area contributed by atoms with Crippen LogP contribution in [0.1, 0.15) is 0 Å². The number of nitrogens with one attached hydrogen (secondary N) is 2. The van der Waals surface area contributed by atoms with E-state index in [0.29, 0.717) is 5.52 Å². The van der Waals surface area contributed by atoms with Gasteiger partial charge in [0.2, 0.25) is 0 Å². The van der Waals surface area contributed by atoms with Gasteiger partial charge in [0.1, 0.15) is 11.3 Å². The minimum Gasteiger partial charge on any atom is -0.353 e. The van der Waals surface area contributed by atoms with Gasteiger partial charge in [-0.3, -0.25) is 10.1 Å². The van der Waals surface area contributed by atoms with Gasteiger partial charge in [0, 0.05) is 22.4 Å². The van der Waals surface area contributed by atoms with Gasteiger partial charge in [0.15, 0.2) is 0 Å². The summed E-state index contributed by atoms with van der Waals surface area (Å²) in [5.41, 5.74) is 2.80. The summed E-state index contributed by atoms with van der Waals surface area (Å²) in [7, 11) is 0. The third-order valence-corrected chi connectivity index (χ3v) is 3.70. The number of para-hydroxylation sites is 1. The highest BCUT2D eigenvalue weighted by molar-refractivity contribution is 5.93. The second kappa shape index (κ2) is 4.42. The van der Waals surface area contributed by atoms with Crippen LogP contribution in [0.2, 0.25) is 0 Å². The molecule has 0 aliphatic carbocycles. The Morgan fingerprint density at radius 3 is 2.55 bits per heavy atom. The molecular weight excluding hydrogens is 285 g/mol. The number of non-ortho nitro benzene ring substituents is 1. The average molecular weight is 295 g/mol. The lowest BCUT2D eigenvalue weighted by atomic mass is 10.2. The molecule has 4 aromatic rings. The first-order valence-electron chi connectivity index (χ1n) is 6.66. The van der Waals surface area contributed by atoms with Crippen molar-refractivity contribution in [1.82, 2.24) is 9.97 Å². The smallest absolute Gasteiger partial charge is 0.293 e. The molecule has 0 amide bonds. The van der Waals surface area contributed by atoms with Crippen LogP contribution >= 0.6 is 0 Å². The molecule has 0 saturated heterocycles. The molecule has 0 aliphatic heterocycles. The van der Waals surface area contributed by atoms with Crippen molar-refractivity contribution >= 4 is 27.5 Å². The van der Waals surface area contributed by atoms with E-state index in [-0.39, 0.29) is 11.5 Å². The van der Waals surface area contributed by atoms with E-state index in [9.17, 15) is 14.5 Å². The van der Waals surface area contributed by atoms with Crippen molar-refractivity contribution in [1.29, 1.82) is 0 Å². The highest BCUT2D eigenvalue weighted by atomic mass is 19.1.